The van der Waals surface area contributed by atoms with Crippen LogP contribution in [-0.2, 0) is 11.2 Å². The standard InChI is InChI=1S/C20H20F3N5O/c1-13(20(21,22)23)15-4-2-14(3-5-15)10-19(29)25-17-8-9-28(12-17)18-7-6-16(11-24)26-27-18/h2-7,13,17H,8-10,12H2,1H3,(H,25,29)/t13?,17-/m0/s1. The van der Waals surface area contributed by atoms with Crippen molar-refractivity contribution in [1.82, 2.24) is 15.5 Å². The van der Waals surface area contributed by atoms with Gasteiger partial charge in [-0.05, 0) is 36.6 Å². The third kappa shape index (κ3) is 5.22. The van der Waals surface area contributed by atoms with Crippen LogP contribution in [0.15, 0.2) is 36.4 Å². The van der Waals surface area contributed by atoms with Gasteiger partial charge >= 0.3 is 6.18 Å². The van der Waals surface area contributed by atoms with E-state index >= 15 is 0 Å². The minimum absolute atomic E-state index is 0.0514. The van der Waals surface area contributed by atoms with E-state index < -0.39 is 12.1 Å². The van der Waals surface area contributed by atoms with Gasteiger partial charge in [0.25, 0.3) is 0 Å². The fourth-order valence-electron chi connectivity index (χ4n) is 3.22. The maximum atomic E-state index is 12.8. The Balaban J connectivity index is 1.51. The van der Waals surface area contributed by atoms with E-state index in [2.05, 4.69) is 15.5 Å². The van der Waals surface area contributed by atoms with Crippen molar-refractivity contribution in [2.24, 2.45) is 0 Å². The van der Waals surface area contributed by atoms with Gasteiger partial charge in [-0.15, -0.1) is 10.2 Å². The van der Waals surface area contributed by atoms with Crippen LogP contribution < -0.4 is 10.2 Å². The Labute approximate surface area is 166 Å². The van der Waals surface area contributed by atoms with Crippen LogP contribution >= 0.6 is 0 Å². The summed E-state index contributed by atoms with van der Waals surface area (Å²) in [5, 5.41) is 19.5. The van der Waals surface area contributed by atoms with Crippen LogP contribution in [-0.4, -0.2) is 41.4 Å². The summed E-state index contributed by atoms with van der Waals surface area (Å²) in [4.78, 5) is 14.3. The van der Waals surface area contributed by atoms with Crippen molar-refractivity contribution in [2.45, 2.75) is 37.9 Å². The van der Waals surface area contributed by atoms with Crippen LogP contribution in [0.3, 0.4) is 0 Å². The number of nitriles is 1. The van der Waals surface area contributed by atoms with E-state index in [1.54, 1.807) is 24.3 Å². The van der Waals surface area contributed by atoms with E-state index in [0.29, 0.717) is 24.5 Å². The zero-order chi connectivity index (χ0) is 21.0. The lowest BCUT2D eigenvalue weighted by atomic mass is 9.98. The highest BCUT2D eigenvalue weighted by molar-refractivity contribution is 5.79. The molecule has 1 fully saturated rings. The third-order valence-electron chi connectivity index (χ3n) is 4.98. The first-order chi connectivity index (χ1) is 13.8. The highest BCUT2D eigenvalue weighted by Crippen LogP contribution is 2.34. The monoisotopic (exact) mass is 403 g/mol. The SMILES string of the molecule is CC(c1ccc(CC(=O)N[C@H]2CCN(c3ccc(C#N)nn3)C2)cc1)C(F)(F)F. The van der Waals surface area contributed by atoms with E-state index in [1.807, 2.05) is 11.0 Å². The maximum Gasteiger partial charge on any atom is 0.395 e. The molecule has 1 aromatic carbocycles. The molecule has 6 nitrogen and oxygen atoms in total. The Hall–Kier alpha value is -3.15. The Morgan fingerprint density at radius 3 is 2.59 bits per heavy atom. The van der Waals surface area contributed by atoms with E-state index in [1.165, 1.54) is 12.1 Å². The number of hydrogen-bond acceptors (Lipinski definition) is 5. The Morgan fingerprint density at radius 1 is 1.28 bits per heavy atom. The van der Waals surface area contributed by atoms with Crippen LogP contribution in [0.4, 0.5) is 19.0 Å². The molecular weight excluding hydrogens is 383 g/mol. The fraction of sp³-hybridized carbons (Fsp3) is 0.400. The van der Waals surface area contributed by atoms with Crippen molar-refractivity contribution in [3.05, 3.63) is 53.2 Å². The Bertz CT molecular complexity index is 890. The molecule has 0 aliphatic carbocycles. The summed E-state index contributed by atoms with van der Waals surface area (Å²) in [5.41, 5.74) is 1.08. The summed E-state index contributed by atoms with van der Waals surface area (Å²) in [6, 6.07) is 11.1. The number of halogens is 3. The van der Waals surface area contributed by atoms with E-state index in [9.17, 15) is 18.0 Å². The summed E-state index contributed by atoms with van der Waals surface area (Å²) < 4.78 is 38.3. The molecule has 1 aliphatic rings. The van der Waals surface area contributed by atoms with Gasteiger partial charge in [0.2, 0.25) is 5.91 Å². The van der Waals surface area contributed by atoms with Gasteiger partial charge in [-0.1, -0.05) is 24.3 Å². The van der Waals surface area contributed by atoms with Crippen LogP contribution in [0.25, 0.3) is 0 Å². The number of alkyl halides is 3. The zero-order valence-electron chi connectivity index (χ0n) is 15.8. The number of aromatic nitrogens is 2. The number of nitrogens with zero attached hydrogens (tertiary/aromatic N) is 4. The first-order valence-electron chi connectivity index (χ1n) is 9.20. The molecule has 1 unspecified atom stereocenters. The van der Waals surface area contributed by atoms with Crippen LogP contribution in [0.1, 0.15) is 36.1 Å². The summed E-state index contributed by atoms with van der Waals surface area (Å²) >= 11 is 0. The van der Waals surface area contributed by atoms with Crippen molar-refractivity contribution >= 4 is 11.7 Å². The van der Waals surface area contributed by atoms with Crippen molar-refractivity contribution in [3.63, 3.8) is 0 Å². The van der Waals surface area contributed by atoms with Crippen LogP contribution in [0.2, 0.25) is 0 Å². The largest absolute Gasteiger partial charge is 0.395 e. The lowest BCUT2D eigenvalue weighted by molar-refractivity contribution is -0.146. The van der Waals surface area contributed by atoms with Gasteiger partial charge in [0, 0.05) is 19.1 Å². The number of benzene rings is 1. The fourth-order valence-corrected chi connectivity index (χ4v) is 3.22. The van der Waals surface area contributed by atoms with E-state index in [0.717, 1.165) is 13.3 Å². The highest BCUT2D eigenvalue weighted by atomic mass is 19.4. The van der Waals surface area contributed by atoms with Gasteiger partial charge in [-0.25, -0.2) is 0 Å². The van der Waals surface area contributed by atoms with Gasteiger partial charge in [0.1, 0.15) is 6.07 Å². The molecule has 3 rings (SSSR count). The quantitative estimate of drug-likeness (QED) is 0.830. The molecule has 0 spiro atoms. The molecule has 1 amide bonds. The molecule has 29 heavy (non-hydrogen) atoms. The molecule has 2 heterocycles. The van der Waals surface area contributed by atoms with Gasteiger partial charge in [-0.2, -0.15) is 18.4 Å². The van der Waals surface area contributed by atoms with Crippen molar-refractivity contribution in [2.75, 3.05) is 18.0 Å². The Kier molecular flexibility index (Phi) is 6.01. The number of amides is 1. The van der Waals surface area contributed by atoms with Crippen LogP contribution in [0.5, 0.6) is 0 Å². The first kappa shape index (κ1) is 20.6. The van der Waals surface area contributed by atoms with Crippen molar-refractivity contribution in [3.8, 4) is 6.07 Å². The van der Waals surface area contributed by atoms with Crippen LogP contribution in [0, 0.1) is 11.3 Å². The van der Waals surface area contributed by atoms with Crippen molar-refractivity contribution < 1.29 is 18.0 Å². The van der Waals surface area contributed by atoms with Gasteiger partial charge in [-0.3, -0.25) is 4.79 Å². The lowest BCUT2D eigenvalue weighted by Gasteiger charge is -2.17. The number of hydrogen-bond donors (Lipinski definition) is 1. The zero-order valence-corrected chi connectivity index (χ0v) is 15.8. The normalized spacial score (nSPS) is 17.6. The molecule has 9 heteroatoms. The second kappa shape index (κ2) is 8.47. The minimum Gasteiger partial charge on any atom is -0.353 e. The van der Waals surface area contributed by atoms with E-state index in [4.69, 9.17) is 5.26 Å². The topological polar surface area (TPSA) is 81.9 Å². The molecule has 0 saturated carbocycles. The van der Waals surface area contributed by atoms with E-state index in [-0.39, 0.29) is 29.6 Å². The second-order valence-electron chi connectivity index (χ2n) is 7.07. The summed E-state index contributed by atoms with van der Waals surface area (Å²) in [6.45, 7) is 2.40. The maximum absolute atomic E-state index is 12.8. The first-order valence-corrected chi connectivity index (χ1v) is 9.20. The summed E-state index contributed by atoms with van der Waals surface area (Å²) in [5.74, 6) is -1.07. The van der Waals surface area contributed by atoms with Gasteiger partial charge in [0.05, 0.1) is 12.3 Å². The molecule has 1 N–H and O–H groups in total. The summed E-state index contributed by atoms with van der Waals surface area (Å²) in [6.07, 6.45) is -3.43. The molecule has 1 aliphatic heterocycles. The average molecular weight is 403 g/mol. The molecular formula is C20H20F3N5O. The molecule has 0 radical (unpaired) electrons. The molecule has 152 valence electrons. The molecule has 2 aromatic rings. The number of nitrogens with one attached hydrogen (secondary N) is 1. The van der Waals surface area contributed by atoms with Gasteiger partial charge < -0.3 is 10.2 Å². The Morgan fingerprint density at radius 2 is 2.00 bits per heavy atom. The highest BCUT2D eigenvalue weighted by Gasteiger charge is 2.36. The summed E-state index contributed by atoms with van der Waals surface area (Å²) in [7, 11) is 0. The smallest absolute Gasteiger partial charge is 0.353 e. The predicted octanol–water partition coefficient (Wildman–Crippen LogP) is 2.95. The predicted molar refractivity (Wildman–Crippen MR) is 100 cm³/mol. The van der Waals surface area contributed by atoms with Gasteiger partial charge in [0.15, 0.2) is 11.5 Å². The second-order valence-corrected chi connectivity index (χ2v) is 7.07. The van der Waals surface area contributed by atoms with Crippen molar-refractivity contribution in [1.29, 1.82) is 5.26 Å². The average Bonchev–Trinajstić information content (AvgIpc) is 3.15. The minimum atomic E-state index is -4.29. The lowest BCUT2D eigenvalue weighted by Crippen LogP contribution is -2.38. The molecule has 0 bridgehead atoms. The third-order valence-corrected chi connectivity index (χ3v) is 4.98. The molecule has 1 saturated heterocycles. The number of carbonyl (C=O) groups excluding carboxylic acids is 1. The molecule has 2 atom stereocenters. The molecule has 1 aromatic heterocycles. The number of rotatable bonds is 5. The number of carbonyl (C=O) groups is 1. The number of anilines is 1.